The number of carbonyl (C=O) groups is 1. The maximum Gasteiger partial charge on any atom is 0.264 e. The van der Waals surface area contributed by atoms with Crippen LogP contribution in [0.3, 0.4) is 0 Å². The van der Waals surface area contributed by atoms with E-state index in [-0.39, 0.29) is 23.6 Å². The third kappa shape index (κ3) is 4.77. The van der Waals surface area contributed by atoms with Crippen molar-refractivity contribution in [3.05, 3.63) is 75.3 Å². The van der Waals surface area contributed by atoms with Crippen molar-refractivity contribution in [1.82, 2.24) is 29.8 Å². The molecule has 0 atom stereocenters. The van der Waals surface area contributed by atoms with E-state index in [0.717, 1.165) is 12.1 Å². The van der Waals surface area contributed by atoms with Crippen molar-refractivity contribution in [2.24, 2.45) is 0 Å². The van der Waals surface area contributed by atoms with E-state index in [1.165, 1.54) is 34.0 Å². The van der Waals surface area contributed by atoms with Gasteiger partial charge in [-0.05, 0) is 33.2 Å². The SMILES string of the molecule is Cc1c(C(=O)N(CCN(C)C)Cc2ccc(F)cc2F)cnn1-c1ccc(=O)[nH]n1. The number of H-pyrrole nitrogens is 1. The minimum atomic E-state index is -0.706. The van der Waals surface area contributed by atoms with Gasteiger partial charge in [-0.2, -0.15) is 10.2 Å². The minimum Gasteiger partial charge on any atom is -0.333 e. The zero-order valence-corrected chi connectivity index (χ0v) is 16.9. The lowest BCUT2D eigenvalue weighted by atomic mass is 10.1. The van der Waals surface area contributed by atoms with E-state index in [2.05, 4.69) is 15.3 Å². The van der Waals surface area contributed by atoms with Crippen LogP contribution in [0.15, 0.2) is 41.3 Å². The van der Waals surface area contributed by atoms with Gasteiger partial charge in [-0.15, -0.1) is 0 Å². The van der Waals surface area contributed by atoms with Gasteiger partial charge in [0.2, 0.25) is 0 Å². The van der Waals surface area contributed by atoms with Gasteiger partial charge in [0.1, 0.15) is 11.6 Å². The van der Waals surface area contributed by atoms with E-state index >= 15 is 0 Å². The Balaban J connectivity index is 1.90. The van der Waals surface area contributed by atoms with Gasteiger partial charge in [0, 0.05) is 37.3 Å². The average Bonchev–Trinajstić information content (AvgIpc) is 3.08. The van der Waals surface area contributed by atoms with Crippen LogP contribution >= 0.6 is 0 Å². The third-order valence-electron chi connectivity index (χ3n) is 4.60. The summed E-state index contributed by atoms with van der Waals surface area (Å²) in [5.41, 5.74) is 0.713. The average molecular weight is 416 g/mol. The molecule has 3 aromatic rings. The van der Waals surface area contributed by atoms with Crippen LogP contribution in [-0.4, -0.2) is 62.9 Å². The van der Waals surface area contributed by atoms with E-state index in [9.17, 15) is 18.4 Å². The zero-order chi connectivity index (χ0) is 21.8. The second-order valence-electron chi connectivity index (χ2n) is 7.10. The molecule has 0 fully saturated rings. The highest BCUT2D eigenvalue weighted by molar-refractivity contribution is 5.95. The molecule has 0 saturated carbocycles. The number of nitrogens with zero attached hydrogens (tertiary/aromatic N) is 5. The quantitative estimate of drug-likeness (QED) is 0.634. The summed E-state index contributed by atoms with van der Waals surface area (Å²) in [6, 6.07) is 6.10. The van der Waals surface area contributed by atoms with Gasteiger partial charge < -0.3 is 9.80 Å². The number of halogens is 2. The number of nitrogens with one attached hydrogen (secondary N) is 1. The fourth-order valence-electron chi connectivity index (χ4n) is 2.90. The molecule has 8 nitrogen and oxygen atoms in total. The predicted octanol–water partition coefficient (Wildman–Crippen LogP) is 1.75. The largest absolute Gasteiger partial charge is 0.333 e. The van der Waals surface area contributed by atoms with Crippen molar-refractivity contribution in [2.45, 2.75) is 13.5 Å². The lowest BCUT2D eigenvalue weighted by molar-refractivity contribution is 0.0729. The van der Waals surface area contributed by atoms with Gasteiger partial charge in [-0.25, -0.2) is 18.6 Å². The number of likely N-dealkylation sites (N-methyl/N-ethyl adjacent to an activating group) is 1. The molecule has 1 amide bonds. The summed E-state index contributed by atoms with van der Waals surface area (Å²) in [6.07, 6.45) is 1.41. The first-order chi connectivity index (χ1) is 14.3. The van der Waals surface area contributed by atoms with Gasteiger partial charge >= 0.3 is 0 Å². The molecule has 0 bridgehead atoms. The van der Waals surface area contributed by atoms with E-state index in [4.69, 9.17) is 0 Å². The second-order valence-corrected chi connectivity index (χ2v) is 7.10. The second kappa shape index (κ2) is 8.95. The standard InChI is InChI=1S/C20H22F2N6O2/c1-13-16(11-23-28(13)18-6-7-19(29)25-24-18)20(30)27(9-8-26(2)3)12-14-4-5-15(21)10-17(14)22/h4-7,10-11H,8-9,12H2,1-3H3,(H,25,29). The first kappa shape index (κ1) is 21.3. The molecule has 0 aliphatic heterocycles. The molecule has 158 valence electrons. The molecule has 30 heavy (non-hydrogen) atoms. The summed E-state index contributed by atoms with van der Waals surface area (Å²) in [6.45, 7) is 2.59. The van der Waals surface area contributed by atoms with Crippen molar-refractivity contribution in [1.29, 1.82) is 0 Å². The fraction of sp³-hybridized carbons (Fsp3) is 0.300. The Kier molecular flexibility index (Phi) is 6.36. The van der Waals surface area contributed by atoms with Gasteiger partial charge in [0.05, 0.1) is 17.5 Å². The Morgan fingerprint density at radius 1 is 1.17 bits per heavy atom. The summed E-state index contributed by atoms with van der Waals surface area (Å²) >= 11 is 0. The van der Waals surface area contributed by atoms with E-state index in [1.54, 1.807) is 6.92 Å². The zero-order valence-electron chi connectivity index (χ0n) is 16.9. The van der Waals surface area contributed by atoms with Crippen molar-refractivity contribution >= 4 is 5.91 Å². The number of rotatable bonds is 7. The summed E-state index contributed by atoms with van der Waals surface area (Å²) in [4.78, 5) is 27.9. The Morgan fingerprint density at radius 2 is 1.93 bits per heavy atom. The number of hydrogen-bond acceptors (Lipinski definition) is 5. The summed E-state index contributed by atoms with van der Waals surface area (Å²) in [5.74, 6) is -1.36. The number of aromatic nitrogens is 4. The highest BCUT2D eigenvalue weighted by Gasteiger charge is 2.23. The molecular weight excluding hydrogens is 394 g/mol. The molecule has 0 spiro atoms. The monoisotopic (exact) mass is 416 g/mol. The molecule has 0 aliphatic rings. The van der Waals surface area contributed by atoms with Crippen molar-refractivity contribution in [3.8, 4) is 5.82 Å². The predicted molar refractivity (Wildman–Crippen MR) is 106 cm³/mol. The molecule has 0 radical (unpaired) electrons. The highest BCUT2D eigenvalue weighted by Crippen LogP contribution is 2.18. The normalized spacial score (nSPS) is 11.1. The van der Waals surface area contributed by atoms with Gasteiger partial charge in [0.15, 0.2) is 5.82 Å². The molecular formula is C20H22F2N6O2. The van der Waals surface area contributed by atoms with Crippen LogP contribution < -0.4 is 5.56 Å². The van der Waals surface area contributed by atoms with E-state index in [1.807, 2.05) is 19.0 Å². The fourth-order valence-corrected chi connectivity index (χ4v) is 2.90. The van der Waals surface area contributed by atoms with Crippen LogP contribution in [0.1, 0.15) is 21.6 Å². The maximum absolute atomic E-state index is 14.2. The summed E-state index contributed by atoms with van der Waals surface area (Å²) in [5, 5.41) is 10.4. The molecule has 10 heteroatoms. The number of aromatic amines is 1. The number of amides is 1. The number of benzene rings is 1. The van der Waals surface area contributed by atoms with E-state index < -0.39 is 11.6 Å². The molecule has 1 aromatic carbocycles. The lowest BCUT2D eigenvalue weighted by Crippen LogP contribution is -2.36. The number of carbonyl (C=O) groups excluding carboxylic acids is 1. The van der Waals surface area contributed by atoms with Crippen molar-refractivity contribution in [2.75, 3.05) is 27.2 Å². The van der Waals surface area contributed by atoms with Crippen LogP contribution in [0.2, 0.25) is 0 Å². The Labute approximate surface area is 171 Å². The number of hydrogen-bond donors (Lipinski definition) is 1. The maximum atomic E-state index is 14.2. The molecule has 2 heterocycles. The first-order valence-corrected chi connectivity index (χ1v) is 9.25. The Bertz CT molecular complexity index is 1090. The Hall–Kier alpha value is -3.40. The summed E-state index contributed by atoms with van der Waals surface area (Å²) in [7, 11) is 3.73. The molecule has 0 saturated heterocycles. The smallest absolute Gasteiger partial charge is 0.264 e. The Morgan fingerprint density at radius 3 is 2.57 bits per heavy atom. The van der Waals surface area contributed by atoms with Crippen LogP contribution in [0.4, 0.5) is 8.78 Å². The van der Waals surface area contributed by atoms with Crippen LogP contribution in [-0.2, 0) is 6.54 Å². The third-order valence-corrected chi connectivity index (χ3v) is 4.60. The minimum absolute atomic E-state index is 0.0136. The lowest BCUT2D eigenvalue weighted by Gasteiger charge is -2.24. The molecule has 0 unspecified atom stereocenters. The van der Waals surface area contributed by atoms with Gasteiger partial charge in [0.25, 0.3) is 11.5 Å². The first-order valence-electron chi connectivity index (χ1n) is 9.25. The summed E-state index contributed by atoms with van der Waals surface area (Å²) < 4.78 is 28.8. The van der Waals surface area contributed by atoms with Gasteiger partial charge in [-0.3, -0.25) is 9.59 Å². The van der Waals surface area contributed by atoms with Crippen LogP contribution in [0.25, 0.3) is 5.82 Å². The van der Waals surface area contributed by atoms with Crippen molar-refractivity contribution in [3.63, 3.8) is 0 Å². The van der Waals surface area contributed by atoms with Gasteiger partial charge in [-0.1, -0.05) is 6.07 Å². The van der Waals surface area contributed by atoms with E-state index in [0.29, 0.717) is 30.2 Å². The molecule has 0 aliphatic carbocycles. The van der Waals surface area contributed by atoms with Crippen LogP contribution in [0, 0.1) is 18.6 Å². The molecule has 1 N–H and O–H groups in total. The van der Waals surface area contributed by atoms with Crippen molar-refractivity contribution < 1.29 is 13.6 Å². The topological polar surface area (TPSA) is 87.1 Å². The molecule has 2 aromatic heterocycles. The molecule has 3 rings (SSSR count). The highest BCUT2D eigenvalue weighted by atomic mass is 19.1. The van der Waals surface area contributed by atoms with Crippen LogP contribution in [0.5, 0.6) is 0 Å².